The topological polar surface area (TPSA) is 116 Å². The first-order valence-corrected chi connectivity index (χ1v) is 12.9. The van der Waals surface area contributed by atoms with Crippen molar-refractivity contribution in [1.82, 2.24) is 20.3 Å². The zero-order valence-electron chi connectivity index (χ0n) is 21.9. The molecule has 3 aromatic rings. The Morgan fingerprint density at radius 2 is 1.90 bits per heavy atom. The van der Waals surface area contributed by atoms with Gasteiger partial charge in [-0.2, -0.15) is 23.1 Å². The van der Waals surface area contributed by atoms with Crippen molar-refractivity contribution in [3.05, 3.63) is 28.8 Å². The molecule has 1 unspecified atom stereocenters. The first kappa shape index (κ1) is 28.0. The fourth-order valence-electron chi connectivity index (χ4n) is 4.80. The molecule has 2 aliphatic heterocycles. The molecule has 2 aliphatic rings. The SMILES string of the molecule is Cc1c(F)c(N)cc(-c2nc3c4c(nc(OCC5CCOC5)nc4c2F)NCCNCC[C@H](C)O3)c1C(F)(F)F. The van der Waals surface area contributed by atoms with Gasteiger partial charge in [-0.05, 0) is 44.9 Å². The summed E-state index contributed by atoms with van der Waals surface area (Å²) in [4.78, 5) is 12.9. The van der Waals surface area contributed by atoms with E-state index in [0.29, 0.717) is 39.3 Å². The molecular formula is C26H29F5N6O3. The quantitative estimate of drug-likeness (QED) is 0.310. The van der Waals surface area contributed by atoms with E-state index in [1.165, 1.54) is 0 Å². The first-order valence-electron chi connectivity index (χ1n) is 12.9. The maximum atomic E-state index is 16.3. The lowest BCUT2D eigenvalue weighted by Crippen LogP contribution is -2.26. The molecule has 9 nitrogen and oxygen atoms in total. The Labute approximate surface area is 226 Å². The maximum Gasteiger partial charge on any atom is 0.417 e. The minimum Gasteiger partial charge on any atom is -0.474 e. The van der Waals surface area contributed by atoms with Crippen molar-refractivity contribution in [2.45, 2.75) is 39.0 Å². The van der Waals surface area contributed by atoms with Gasteiger partial charge in [-0.3, -0.25) is 0 Å². The van der Waals surface area contributed by atoms with E-state index < -0.39 is 52.0 Å². The van der Waals surface area contributed by atoms with Crippen LogP contribution in [-0.2, 0) is 10.9 Å². The van der Waals surface area contributed by atoms with Gasteiger partial charge < -0.3 is 30.6 Å². The minimum absolute atomic E-state index is 0.0481. The van der Waals surface area contributed by atoms with Crippen LogP contribution in [0.4, 0.5) is 33.5 Å². The van der Waals surface area contributed by atoms with Crippen LogP contribution in [0.3, 0.4) is 0 Å². The van der Waals surface area contributed by atoms with Crippen molar-refractivity contribution >= 4 is 22.4 Å². The molecule has 0 saturated carbocycles. The molecule has 216 valence electrons. The van der Waals surface area contributed by atoms with Crippen molar-refractivity contribution in [3.8, 4) is 23.1 Å². The Bertz CT molecular complexity index is 1410. The zero-order chi connectivity index (χ0) is 28.6. The molecule has 0 bridgehead atoms. The Morgan fingerprint density at radius 3 is 2.62 bits per heavy atom. The fraction of sp³-hybridized carbons (Fsp3) is 0.500. The van der Waals surface area contributed by atoms with E-state index in [1.54, 1.807) is 6.92 Å². The van der Waals surface area contributed by atoms with E-state index in [2.05, 4.69) is 25.6 Å². The Balaban J connectivity index is 1.76. The van der Waals surface area contributed by atoms with Gasteiger partial charge in [0.25, 0.3) is 0 Å². The average Bonchev–Trinajstić information content (AvgIpc) is 3.41. The number of nitrogens with one attached hydrogen (secondary N) is 2. The maximum absolute atomic E-state index is 16.3. The molecule has 14 heteroatoms. The third kappa shape index (κ3) is 5.55. The summed E-state index contributed by atoms with van der Waals surface area (Å²) < 4.78 is 90.5. The molecule has 1 saturated heterocycles. The van der Waals surface area contributed by atoms with E-state index in [9.17, 15) is 17.6 Å². The van der Waals surface area contributed by atoms with Crippen LogP contribution in [-0.4, -0.2) is 60.5 Å². The Kier molecular flexibility index (Phi) is 7.82. The lowest BCUT2D eigenvalue weighted by molar-refractivity contribution is -0.137. The number of rotatable bonds is 4. The number of aromatic nitrogens is 3. The second kappa shape index (κ2) is 11.2. The summed E-state index contributed by atoms with van der Waals surface area (Å²) in [5, 5.41) is 6.39. The van der Waals surface area contributed by atoms with Crippen LogP contribution in [0.2, 0.25) is 0 Å². The van der Waals surface area contributed by atoms with Crippen LogP contribution >= 0.6 is 0 Å². The molecular weight excluding hydrogens is 539 g/mol. The van der Waals surface area contributed by atoms with Crippen LogP contribution in [0, 0.1) is 24.5 Å². The number of alkyl halides is 3. The van der Waals surface area contributed by atoms with E-state index in [-0.39, 0.29) is 41.1 Å². The molecule has 0 spiro atoms. The van der Waals surface area contributed by atoms with Crippen molar-refractivity contribution in [2.75, 3.05) is 50.5 Å². The lowest BCUT2D eigenvalue weighted by atomic mass is 9.96. The van der Waals surface area contributed by atoms with Gasteiger partial charge in [0.2, 0.25) is 5.88 Å². The number of halogens is 5. The predicted molar refractivity (Wildman–Crippen MR) is 137 cm³/mol. The van der Waals surface area contributed by atoms with Gasteiger partial charge in [-0.1, -0.05) is 0 Å². The van der Waals surface area contributed by atoms with Crippen LogP contribution in [0.5, 0.6) is 11.9 Å². The first-order chi connectivity index (χ1) is 19.0. The highest BCUT2D eigenvalue weighted by molar-refractivity contribution is 5.96. The standard InChI is InChI=1S/C26H29F5N6O3/c1-12-3-5-33-6-7-34-23-17-22(36-25(37-23)39-11-14-4-8-38-10-14)20(28)21(35-24(17)40-12)15-9-16(32)19(27)13(2)18(15)26(29,30)31/h9,12,14,33H,3-8,10-11,32H2,1-2H3,(H,34,36,37)/t12-,14?/m0/s1. The van der Waals surface area contributed by atoms with Crippen LogP contribution < -0.4 is 25.8 Å². The highest BCUT2D eigenvalue weighted by atomic mass is 19.4. The van der Waals surface area contributed by atoms with Crippen molar-refractivity contribution in [2.24, 2.45) is 5.92 Å². The van der Waals surface area contributed by atoms with Gasteiger partial charge in [0.05, 0.1) is 30.6 Å². The molecule has 2 atom stereocenters. The van der Waals surface area contributed by atoms with Gasteiger partial charge in [-0.25, -0.2) is 13.8 Å². The van der Waals surface area contributed by atoms with Gasteiger partial charge in [-0.15, -0.1) is 0 Å². The van der Waals surface area contributed by atoms with Gasteiger partial charge in [0, 0.05) is 31.2 Å². The van der Waals surface area contributed by atoms with Crippen molar-refractivity contribution in [3.63, 3.8) is 0 Å². The highest BCUT2D eigenvalue weighted by Gasteiger charge is 2.39. The molecule has 2 aromatic heterocycles. The third-order valence-corrected chi connectivity index (χ3v) is 6.90. The summed E-state index contributed by atoms with van der Waals surface area (Å²) in [6, 6.07) is 0.552. The second-order valence-electron chi connectivity index (χ2n) is 9.92. The number of ether oxygens (including phenoxy) is 3. The van der Waals surface area contributed by atoms with Crippen molar-refractivity contribution < 1.29 is 36.2 Å². The van der Waals surface area contributed by atoms with Crippen LogP contribution in [0.1, 0.15) is 30.9 Å². The summed E-state index contributed by atoms with van der Waals surface area (Å²) >= 11 is 0. The Morgan fingerprint density at radius 1 is 1.10 bits per heavy atom. The smallest absolute Gasteiger partial charge is 0.417 e. The highest BCUT2D eigenvalue weighted by Crippen LogP contribution is 2.44. The number of benzene rings is 1. The summed E-state index contributed by atoms with van der Waals surface area (Å²) in [6.07, 6.45) is -4.18. The van der Waals surface area contributed by atoms with E-state index in [1.807, 2.05) is 0 Å². The van der Waals surface area contributed by atoms with E-state index in [0.717, 1.165) is 19.4 Å². The Hall–Kier alpha value is -3.52. The van der Waals surface area contributed by atoms with Gasteiger partial charge in [0.1, 0.15) is 28.2 Å². The summed E-state index contributed by atoms with van der Waals surface area (Å²) in [5.41, 5.74) is 1.12. The number of pyridine rings is 1. The van der Waals surface area contributed by atoms with Crippen LogP contribution in [0.15, 0.2) is 6.07 Å². The second-order valence-corrected chi connectivity index (χ2v) is 9.92. The summed E-state index contributed by atoms with van der Waals surface area (Å²) in [6.45, 7) is 5.52. The largest absolute Gasteiger partial charge is 0.474 e. The van der Waals surface area contributed by atoms with Crippen LogP contribution in [0.25, 0.3) is 22.2 Å². The summed E-state index contributed by atoms with van der Waals surface area (Å²) in [5.74, 6) is -2.36. The van der Waals surface area contributed by atoms with E-state index in [4.69, 9.17) is 19.9 Å². The fourth-order valence-corrected chi connectivity index (χ4v) is 4.80. The number of nitrogens with zero attached hydrogens (tertiary/aromatic N) is 3. The number of nitrogen functional groups attached to an aromatic ring is 1. The molecule has 1 aromatic carbocycles. The number of nitrogens with two attached hydrogens (primary N) is 1. The minimum atomic E-state index is -5.04. The average molecular weight is 569 g/mol. The molecule has 0 aliphatic carbocycles. The number of hydrogen-bond acceptors (Lipinski definition) is 9. The van der Waals surface area contributed by atoms with Gasteiger partial charge >= 0.3 is 12.2 Å². The normalized spacial score (nSPS) is 20.1. The molecule has 1 fully saturated rings. The van der Waals surface area contributed by atoms with E-state index >= 15 is 4.39 Å². The number of hydrogen-bond donors (Lipinski definition) is 3. The lowest BCUT2D eigenvalue weighted by Gasteiger charge is -2.21. The molecule has 4 N–H and O–H groups in total. The predicted octanol–water partition coefficient (Wildman–Crippen LogP) is 4.47. The molecule has 5 rings (SSSR count). The van der Waals surface area contributed by atoms with Crippen molar-refractivity contribution in [1.29, 1.82) is 0 Å². The zero-order valence-corrected chi connectivity index (χ0v) is 21.9. The molecule has 40 heavy (non-hydrogen) atoms. The molecule has 0 radical (unpaired) electrons. The monoisotopic (exact) mass is 568 g/mol. The third-order valence-electron chi connectivity index (χ3n) is 6.90. The molecule has 4 heterocycles. The number of anilines is 2. The summed E-state index contributed by atoms with van der Waals surface area (Å²) in [7, 11) is 0. The molecule has 0 amide bonds. The van der Waals surface area contributed by atoms with Gasteiger partial charge in [0.15, 0.2) is 5.82 Å².